The number of ether oxygens (including phenoxy) is 1. The number of rotatable bonds is 15. The van der Waals surface area contributed by atoms with Crippen LogP contribution in [-0.2, 0) is 9.53 Å². The molecule has 0 heterocycles. The highest BCUT2D eigenvalue weighted by Crippen LogP contribution is 2.13. The third-order valence-corrected chi connectivity index (χ3v) is 3.87. The van der Waals surface area contributed by atoms with Crippen LogP contribution in [0.4, 0.5) is 0 Å². The maximum absolute atomic E-state index is 11.4. The number of aliphatic hydroxyl groups is 2. The van der Waals surface area contributed by atoms with Gasteiger partial charge < -0.3 is 14.9 Å². The summed E-state index contributed by atoms with van der Waals surface area (Å²) in [6.07, 6.45) is 12.0. The van der Waals surface area contributed by atoms with Crippen LogP contribution in [0, 0.1) is 5.92 Å². The van der Waals surface area contributed by atoms with E-state index in [1.54, 1.807) is 0 Å². The Balaban J connectivity index is 3.24. The molecule has 0 aromatic rings. The zero-order valence-corrected chi connectivity index (χ0v) is 14.6. The molecule has 0 amide bonds. The zero-order valence-electron chi connectivity index (χ0n) is 14.6. The highest BCUT2D eigenvalue weighted by Gasteiger charge is 2.11. The minimum absolute atomic E-state index is 0.320. The molecule has 0 rings (SSSR count). The molecule has 0 spiro atoms. The Hall–Kier alpha value is -0.610. The van der Waals surface area contributed by atoms with Crippen LogP contribution in [0.5, 0.6) is 0 Å². The van der Waals surface area contributed by atoms with Crippen LogP contribution in [0.15, 0.2) is 0 Å². The molecule has 0 aliphatic carbocycles. The van der Waals surface area contributed by atoms with E-state index < -0.39 is 6.10 Å². The molecular formula is C18H36O4. The largest absolute Gasteiger partial charge is 0.457 e. The molecule has 22 heavy (non-hydrogen) atoms. The SMILES string of the molecule is CC(C)CCCCCCCCCCCC(=O)OC(CO)CO. The van der Waals surface area contributed by atoms with Crippen LogP contribution < -0.4 is 0 Å². The molecule has 0 atom stereocenters. The van der Waals surface area contributed by atoms with Crippen LogP contribution in [0.2, 0.25) is 0 Å². The predicted octanol–water partition coefficient (Wildman–Crippen LogP) is 3.83. The average molecular weight is 316 g/mol. The molecule has 0 saturated heterocycles. The van der Waals surface area contributed by atoms with Crippen molar-refractivity contribution in [3.63, 3.8) is 0 Å². The first kappa shape index (κ1) is 21.4. The van der Waals surface area contributed by atoms with Crippen molar-refractivity contribution in [2.24, 2.45) is 5.92 Å². The molecule has 2 N–H and O–H groups in total. The summed E-state index contributed by atoms with van der Waals surface area (Å²) in [4.78, 5) is 11.4. The number of hydrogen-bond acceptors (Lipinski definition) is 4. The maximum atomic E-state index is 11.4. The molecule has 132 valence electrons. The van der Waals surface area contributed by atoms with Crippen molar-refractivity contribution in [3.8, 4) is 0 Å². The van der Waals surface area contributed by atoms with Gasteiger partial charge >= 0.3 is 5.97 Å². The molecule has 0 fully saturated rings. The van der Waals surface area contributed by atoms with E-state index in [1.807, 2.05) is 0 Å². The summed E-state index contributed by atoms with van der Waals surface area (Å²) in [5.74, 6) is 0.509. The van der Waals surface area contributed by atoms with Crippen LogP contribution >= 0.6 is 0 Å². The van der Waals surface area contributed by atoms with Gasteiger partial charge in [0.15, 0.2) is 0 Å². The second-order valence-corrected chi connectivity index (χ2v) is 6.59. The highest BCUT2D eigenvalue weighted by atomic mass is 16.6. The number of hydrogen-bond donors (Lipinski definition) is 2. The van der Waals surface area contributed by atoms with Crippen molar-refractivity contribution >= 4 is 5.97 Å². The Bertz CT molecular complexity index is 249. The summed E-state index contributed by atoms with van der Waals surface area (Å²) in [5.41, 5.74) is 0. The molecule has 4 heteroatoms. The van der Waals surface area contributed by atoms with E-state index in [-0.39, 0.29) is 19.2 Å². The third-order valence-electron chi connectivity index (χ3n) is 3.87. The molecule has 0 aromatic carbocycles. The number of unbranched alkanes of at least 4 members (excludes halogenated alkanes) is 8. The lowest BCUT2D eigenvalue weighted by Gasteiger charge is -2.12. The van der Waals surface area contributed by atoms with Crippen molar-refractivity contribution in [2.75, 3.05) is 13.2 Å². The molecule has 0 aliphatic heterocycles. The van der Waals surface area contributed by atoms with E-state index in [0.717, 1.165) is 18.8 Å². The Labute approximate surface area is 136 Å². The van der Waals surface area contributed by atoms with Crippen molar-refractivity contribution < 1.29 is 19.7 Å². The number of aliphatic hydroxyl groups excluding tert-OH is 2. The fraction of sp³-hybridized carbons (Fsp3) is 0.944. The van der Waals surface area contributed by atoms with E-state index >= 15 is 0 Å². The van der Waals surface area contributed by atoms with E-state index in [9.17, 15) is 4.79 Å². The van der Waals surface area contributed by atoms with Crippen LogP contribution in [-0.4, -0.2) is 35.5 Å². The molecule has 0 aromatic heterocycles. The first-order valence-corrected chi connectivity index (χ1v) is 9.01. The van der Waals surface area contributed by atoms with Crippen molar-refractivity contribution in [1.82, 2.24) is 0 Å². The predicted molar refractivity (Wildman–Crippen MR) is 89.7 cm³/mol. The van der Waals surface area contributed by atoms with Crippen molar-refractivity contribution in [2.45, 2.75) is 90.6 Å². The Kier molecular flexibility index (Phi) is 14.9. The maximum Gasteiger partial charge on any atom is 0.306 e. The molecule has 0 radical (unpaired) electrons. The summed E-state index contributed by atoms with van der Waals surface area (Å²) >= 11 is 0. The second kappa shape index (κ2) is 15.3. The van der Waals surface area contributed by atoms with Gasteiger partial charge in [-0.1, -0.05) is 71.6 Å². The third kappa shape index (κ3) is 14.3. The Morgan fingerprint density at radius 3 is 1.73 bits per heavy atom. The standard InChI is InChI=1S/C18H36O4/c1-16(2)12-10-8-6-4-3-5-7-9-11-13-18(21)22-17(14-19)15-20/h16-17,19-20H,3-15H2,1-2H3. The Morgan fingerprint density at radius 1 is 0.818 bits per heavy atom. The minimum atomic E-state index is -0.761. The van der Waals surface area contributed by atoms with Gasteiger partial charge in [0.05, 0.1) is 13.2 Å². The fourth-order valence-corrected chi connectivity index (χ4v) is 2.44. The van der Waals surface area contributed by atoms with Gasteiger partial charge in [-0.05, 0) is 12.3 Å². The topological polar surface area (TPSA) is 66.8 Å². The van der Waals surface area contributed by atoms with Gasteiger partial charge in [-0.3, -0.25) is 4.79 Å². The van der Waals surface area contributed by atoms with Gasteiger partial charge in [-0.15, -0.1) is 0 Å². The lowest BCUT2D eigenvalue weighted by molar-refractivity contribution is -0.153. The number of carbonyl (C=O) groups is 1. The van der Waals surface area contributed by atoms with Crippen LogP contribution in [0.3, 0.4) is 0 Å². The monoisotopic (exact) mass is 316 g/mol. The molecule has 0 aliphatic rings. The highest BCUT2D eigenvalue weighted by molar-refractivity contribution is 5.69. The normalized spacial score (nSPS) is 11.4. The van der Waals surface area contributed by atoms with E-state index in [1.165, 1.54) is 51.4 Å². The van der Waals surface area contributed by atoms with Gasteiger partial charge in [0.1, 0.15) is 6.10 Å². The summed E-state index contributed by atoms with van der Waals surface area (Å²) in [6, 6.07) is 0. The van der Waals surface area contributed by atoms with Crippen molar-refractivity contribution in [1.29, 1.82) is 0 Å². The number of esters is 1. The van der Waals surface area contributed by atoms with Gasteiger partial charge in [-0.25, -0.2) is 0 Å². The number of carbonyl (C=O) groups excluding carboxylic acids is 1. The van der Waals surface area contributed by atoms with Crippen LogP contribution in [0.25, 0.3) is 0 Å². The fourth-order valence-electron chi connectivity index (χ4n) is 2.44. The first-order chi connectivity index (χ1) is 10.6. The molecular weight excluding hydrogens is 280 g/mol. The van der Waals surface area contributed by atoms with Gasteiger partial charge in [0.25, 0.3) is 0 Å². The van der Waals surface area contributed by atoms with E-state index in [4.69, 9.17) is 14.9 Å². The molecule has 0 saturated carbocycles. The zero-order chi connectivity index (χ0) is 16.6. The molecule has 4 nitrogen and oxygen atoms in total. The lowest BCUT2D eigenvalue weighted by atomic mass is 10.0. The second-order valence-electron chi connectivity index (χ2n) is 6.59. The minimum Gasteiger partial charge on any atom is -0.457 e. The lowest BCUT2D eigenvalue weighted by Crippen LogP contribution is -2.25. The van der Waals surface area contributed by atoms with E-state index in [0.29, 0.717) is 6.42 Å². The summed E-state index contributed by atoms with van der Waals surface area (Å²) in [6.45, 7) is 3.92. The summed E-state index contributed by atoms with van der Waals surface area (Å²) in [7, 11) is 0. The first-order valence-electron chi connectivity index (χ1n) is 9.01. The van der Waals surface area contributed by atoms with E-state index in [2.05, 4.69) is 13.8 Å². The van der Waals surface area contributed by atoms with Gasteiger partial charge in [0.2, 0.25) is 0 Å². The van der Waals surface area contributed by atoms with Crippen molar-refractivity contribution in [3.05, 3.63) is 0 Å². The van der Waals surface area contributed by atoms with Crippen LogP contribution in [0.1, 0.15) is 84.5 Å². The molecule has 0 unspecified atom stereocenters. The Morgan fingerprint density at radius 2 is 1.27 bits per heavy atom. The van der Waals surface area contributed by atoms with Gasteiger partial charge in [-0.2, -0.15) is 0 Å². The quantitative estimate of drug-likeness (QED) is 0.356. The summed E-state index contributed by atoms with van der Waals surface area (Å²) in [5, 5.41) is 17.6. The van der Waals surface area contributed by atoms with Gasteiger partial charge in [0, 0.05) is 6.42 Å². The summed E-state index contributed by atoms with van der Waals surface area (Å²) < 4.78 is 4.91. The smallest absolute Gasteiger partial charge is 0.306 e. The average Bonchev–Trinajstić information content (AvgIpc) is 2.49. The molecule has 0 bridgehead atoms.